The number of hydrogen-bond acceptors (Lipinski definition) is 5. The van der Waals surface area contributed by atoms with Gasteiger partial charge in [-0.1, -0.05) is 24.1 Å². The Kier molecular flexibility index (Phi) is 7.15. The zero-order valence-electron chi connectivity index (χ0n) is 19.0. The topological polar surface area (TPSA) is 91.9 Å². The van der Waals surface area contributed by atoms with E-state index in [-0.39, 0.29) is 22.2 Å². The van der Waals surface area contributed by atoms with E-state index in [1.165, 1.54) is 19.2 Å². The maximum absolute atomic E-state index is 14.0. The van der Waals surface area contributed by atoms with Crippen molar-refractivity contribution in [1.82, 2.24) is 0 Å². The summed E-state index contributed by atoms with van der Waals surface area (Å²) < 4.78 is 47.7. The van der Waals surface area contributed by atoms with Gasteiger partial charge < -0.3 is 14.8 Å². The lowest BCUT2D eigenvalue weighted by atomic mass is 9.98. The van der Waals surface area contributed by atoms with Crippen LogP contribution in [-0.2, 0) is 6.18 Å². The maximum Gasteiger partial charge on any atom is 0.423 e. The van der Waals surface area contributed by atoms with Crippen LogP contribution in [0, 0.1) is 19.3 Å². The molecule has 0 aliphatic rings. The number of aromatic carboxylic acids is 1. The molecule has 3 rings (SSSR count). The molecule has 3 aromatic rings. The Labute approximate surface area is 198 Å². The van der Waals surface area contributed by atoms with E-state index in [1.807, 2.05) is 0 Å². The van der Waals surface area contributed by atoms with Crippen molar-refractivity contribution < 1.29 is 27.5 Å². The number of allylic oxidation sites excluding steroid dienone is 2. The fraction of sp³-hybridized carbons (Fsp3) is 0.192. The molecule has 2 aromatic carbocycles. The monoisotopic (exact) mass is 482 g/mol. The van der Waals surface area contributed by atoms with E-state index in [9.17, 15) is 27.9 Å². The number of nitrogens with zero attached hydrogens (tertiary/aromatic N) is 1. The molecule has 0 aliphatic heterocycles. The van der Waals surface area contributed by atoms with Crippen molar-refractivity contribution in [3.8, 4) is 12.3 Å². The largest absolute Gasteiger partial charge is 0.478 e. The summed E-state index contributed by atoms with van der Waals surface area (Å²) in [6.45, 7) is 3.31. The second-order valence-electron chi connectivity index (χ2n) is 7.69. The van der Waals surface area contributed by atoms with Gasteiger partial charge in [-0.3, -0.25) is 9.79 Å². The van der Waals surface area contributed by atoms with Crippen molar-refractivity contribution in [1.29, 1.82) is 0 Å². The number of carbonyl (C=O) groups is 1. The van der Waals surface area contributed by atoms with E-state index < -0.39 is 34.9 Å². The number of aryl methyl sites for hydroxylation is 1. The van der Waals surface area contributed by atoms with Crippen LogP contribution in [0.2, 0.25) is 0 Å². The minimum atomic E-state index is -5.02. The van der Waals surface area contributed by atoms with Gasteiger partial charge in [0, 0.05) is 18.3 Å². The summed E-state index contributed by atoms with van der Waals surface area (Å²) in [6.07, 6.45) is 2.47. The summed E-state index contributed by atoms with van der Waals surface area (Å²) in [5.74, 6) is 0.263. The second kappa shape index (κ2) is 9.89. The quantitative estimate of drug-likeness (QED) is 0.353. The highest BCUT2D eigenvalue weighted by molar-refractivity contribution is 6.08. The first-order chi connectivity index (χ1) is 16.5. The van der Waals surface area contributed by atoms with Gasteiger partial charge >= 0.3 is 12.1 Å². The standard InChI is InChI=1S/C26H21F3N2O4/c1-5-6-10-20(30-4)24-21(26(27,28)29)22(32)18-13-14(2)12-17(23(18)35-24)15(3)31-19-11-8-7-9-16(19)25(33)34/h1,6-13,15,31H,2-4H3,(H,33,34)/b10-6-,30-20+. The first-order valence-corrected chi connectivity index (χ1v) is 10.4. The predicted octanol–water partition coefficient (Wildman–Crippen LogP) is 5.60. The van der Waals surface area contributed by atoms with Gasteiger partial charge in [0.15, 0.2) is 5.76 Å². The Morgan fingerprint density at radius 2 is 1.97 bits per heavy atom. The Bertz CT molecular complexity index is 1460. The number of fused-ring (bicyclic) bond motifs is 1. The van der Waals surface area contributed by atoms with Gasteiger partial charge in [0.2, 0.25) is 5.43 Å². The lowest BCUT2D eigenvalue weighted by molar-refractivity contribution is -0.139. The van der Waals surface area contributed by atoms with Crippen molar-refractivity contribution >= 4 is 28.3 Å². The first-order valence-electron chi connectivity index (χ1n) is 10.4. The molecule has 1 aromatic heterocycles. The average Bonchev–Trinajstić information content (AvgIpc) is 2.79. The highest BCUT2D eigenvalue weighted by atomic mass is 19.4. The van der Waals surface area contributed by atoms with E-state index in [4.69, 9.17) is 10.8 Å². The number of carboxylic acids is 1. The molecule has 9 heteroatoms. The van der Waals surface area contributed by atoms with Gasteiger partial charge in [-0.05, 0) is 49.8 Å². The van der Waals surface area contributed by atoms with E-state index in [1.54, 1.807) is 38.1 Å². The van der Waals surface area contributed by atoms with Crippen LogP contribution < -0.4 is 10.7 Å². The van der Waals surface area contributed by atoms with Crippen LogP contribution >= 0.6 is 0 Å². The summed E-state index contributed by atoms with van der Waals surface area (Å²) in [4.78, 5) is 28.5. The van der Waals surface area contributed by atoms with Crippen LogP contribution in [0.1, 0.15) is 45.8 Å². The average molecular weight is 482 g/mol. The number of alkyl halides is 3. The summed E-state index contributed by atoms with van der Waals surface area (Å²) in [6, 6.07) is 8.53. The van der Waals surface area contributed by atoms with E-state index in [0.717, 1.165) is 12.2 Å². The summed E-state index contributed by atoms with van der Waals surface area (Å²) >= 11 is 0. The maximum atomic E-state index is 14.0. The second-order valence-corrected chi connectivity index (χ2v) is 7.69. The molecule has 6 nitrogen and oxygen atoms in total. The van der Waals surface area contributed by atoms with Crippen LogP contribution in [0.5, 0.6) is 0 Å². The number of hydrogen-bond donors (Lipinski definition) is 2. The molecular formula is C26H21F3N2O4. The number of nitrogens with one attached hydrogen (secondary N) is 1. The van der Waals surface area contributed by atoms with Crippen molar-refractivity contribution in [3.05, 3.63) is 86.8 Å². The number of carboxylic acid groups (broad SMARTS) is 1. The van der Waals surface area contributed by atoms with Crippen LogP contribution in [0.3, 0.4) is 0 Å². The Balaban J connectivity index is 2.32. The third-order valence-corrected chi connectivity index (χ3v) is 5.26. The van der Waals surface area contributed by atoms with Gasteiger partial charge in [0.1, 0.15) is 16.9 Å². The van der Waals surface area contributed by atoms with Crippen LogP contribution in [0.4, 0.5) is 18.9 Å². The third kappa shape index (κ3) is 5.11. The Morgan fingerprint density at radius 3 is 2.57 bits per heavy atom. The molecule has 1 unspecified atom stereocenters. The zero-order valence-corrected chi connectivity index (χ0v) is 19.0. The molecule has 0 radical (unpaired) electrons. The third-order valence-electron chi connectivity index (χ3n) is 5.26. The number of anilines is 1. The number of halogens is 3. The van der Waals surface area contributed by atoms with Gasteiger partial charge in [-0.15, -0.1) is 6.42 Å². The van der Waals surface area contributed by atoms with Gasteiger partial charge in [0.25, 0.3) is 0 Å². The molecular weight excluding hydrogens is 461 g/mol. The number of terminal acetylenes is 1. The highest BCUT2D eigenvalue weighted by Gasteiger charge is 2.40. The molecule has 0 bridgehead atoms. The first kappa shape index (κ1) is 25.3. The van der Waals surface area contributed by atoms with Crippen molar-refractivity contribution in [2.45, 2.75) is 26.1 Å². The van der Waals surface area contributed by atoms with Crippen LogP contribution in [-0.4, -0.2) is 23.8 Å². The number of aliphatic imine (C=N–C) groups is 1. The SMILES string of the molecule is C#C/C=C\C(=N/C)c1oc2c(C(C)Nc3ccccc3C(=O)O)cc(C)cc2c(=O)c1C(F)(F)F. The summed E-state index contributed by atoms with van der Waals surface area (Å²) in [5, 5.41) is 12.3. The molecule has 1 atom stereocenters. The van der Waals surface area contributed by atoms with Crippen molar-refractivity contribution in [2.24, 2.45) is 4.99 Å². The van der Waals surface area contributed by atoms with Crippen LogP contribution in [0.25, 0.3) is 11.0 Å². The highest BCUT2D eigenvalue weighted by Crippen LogP contribution is 2.35. The molecule has 0 fully saturated rings. The van der Waals surface area contributed by atoms with Crippen molar-refractivity contribution in [3.63, 3.8) is 0 Å². The molecule has 2 N–H and O–H groups in total. The van der Waals surface area contributed by atoms with Crippen molar-refractivity contribution in [2.75, 3.05) is 12.4 Å². The van der Waals surface area contributed by atoms with E-state index in [2.05, 4.69) is 16.2 Å². The normalized spacial score (nSPS) is 13.1. The molecule has 0 amide bonds. The smallest absolute Gasteiger partial charge is 0.423 e. The van der Waals surface area contributed by atoms with E-state index >= 15 is 0 Å². The van der Waals surface area contributed by atoms with Gasteiger partial charge in [-0.2, -0.15) is 13.2 Å². The lowest BCUT2D eigenvalue weighted by Gasteiger charge is -2.20. The predicted molar refractivity (Wildman–Crippen MR) is 128 cm³/mol. The number of rotatable bonds is 6. The van der Waals surface area contributed by atoms with E-state index in [0.29, 0.717) is 16.8 Å². The molecule has 0 saturated carbocycles. The Hall–Kier alpha value is -4.32. The van der Waals surface area contributed by atoms with Gasteiger partial charge in [0.05, 0.1) is 17.0 Å². The molecule has 180 valence electrons. The number of benzene rings is 2. The molecule has 0 saturated heterocycles. The Morgan fingerprint density at radius 1 is 1.29 bits per heavy atom. The number of para-hydroxylation sites is 1. The fourth-order valence-corrected chi connectivity index (χ4v) is 3.72. The van der Waals surface area contributed by atoms with Gasteiger partial charge in [-0.25, -0.2) is 4.79 Å². The zero-order chi connectivity index (χ0) is 25.9. The minimum Gasteiger partial charge on any atom is -0.478 e. The van der Waals surface area contributed by atoms with Crippen LogP contribution in [0.15, 0.2) is 62.8 Å². The molecule has 35 heavy (non-hydrogen) atoms. The lowest BCUT2D eigenvalue weighted by Crippen LogP contribution is -2.25. The minimum absolute atomic E-state index is 0.0117. The molecule has 0 spiro atoms. The molecule has 0 aliphatic carbocycles. The summed E-state index contributed by atoms with van der Waals surface area (Å²) in [7, 11) is 1.25. The summed E-state index contributed by atoms with van der Waals surface area (Å²) in [5.41, 5.74) is -1.87. The molecule has 1 heterocycles. The fourth-order valence-electron chi connectivity index (χ4n) is 3.72.